The Morgan fingerprint density at radius 3 is 2.50 bits per heavy atom. The van der Waals surface area contributed by atoms with Gasteiger partial charge in [-0.3, -0.25) is 4.67 Å². The number of nitrogens with zero attached hydrogens (tertiary/aromatic N) is 1. The first-order valence-corrected chi connectivity index (χ1v) is 7.45. The zero-order valence-electron chi connectivity index (χ0n) is 10.7. The average Bonchev–Trinajstić information content (AvgIpc) is 2.41. The number of rotatable bonds is 8. The maximum atomic E-state index is 11.5. The van der Waals surface area contributed by atoms with Gasteiger partial charge >= 0.3 is 11.9 Å². The molecule has 0 heterocycles. The molecule has 0 fully saturated rings. The molecule has 0 aliphatic heterocycles. The van der Waals surface area contributed by atoms with Crippen molar-refractivity contribution < 1.29 is 23.8 Å². The van der Waals surface area contributed by atoms with Gasteiger partial charge in [-0.15, -0.1) is 9.24 Å². The van der Waals surface area contributed by atoms with Crippen molar-refractivity contribution in [2.24, 2.45) is 0 Å². The Labute approximate surface area is 111 Å². The van der Waals surface area contributed by atoms with Gasteiger partial charge < -0.3 is 14.2 Å². The van der Waals surface area contributed by atoms with E-state index in [9.17, 15) is 9.59 Å². The largest absolute Gasteiger partial charge is 0.485 e. The summed E-state index contributed by atoms with van der Waals surface area (Å²) in [4.78, 5) is 22.3. The molecule has 8 heteroatoms. The molecule has 2 unspecified atom stereocenters. The summed E-state index contributed by atoms with van der Waals surface area (Å²) in [5.41, 5.74) is 0. The van der Waals surface area contributed by atoms with Crippen molar-refractivity contribution in [1.29, 1.82) is 0 Å². The van der Waals surface area contributed by atoms with Crippen molar-refractivity contribution >= 4 is 29.9 Å². The third kappa shape index (κ3) is 6.90. The average molecular weight is 295 g/mol. The predicted molar refractivity (Wildman–Crippen MR) is 73.6 cm³/mol. The Balaban J connectivity index is 4.45. The van der Waals surface area contributed by atoms with E-state index in [0.717, 1.165) is 18.6 Å². The minimum Gasteiger partial charge on any atom is -0.485 e. The molecule has 0 spiro atoms. The summed E-state index contributed by atoms with van der Waals surface area (Å²) >= 11 is 0. The highest BCUT2D eigenvalue weighted by atomic mass is 31.1. The highest BCUT2D eigenvalue weighted by Crippen LogP contribution is 2.16. The Bertz CT molecular complexity index is 294. The van der Waals surface area contributed by atoms with Crippen LogP contribution in [0.25, 0.3) is 0 Å². The third-order valence-corrected chi connectivity index (χ3v) is 3.84. The van der Waals surface area contributed by atoms with Gasteiger partial charge in [-0.2, -0.15) is 0 Å². The lowest BCUT2D eigenvalue weighted by Gasteiger charge is -2.22. The van der Waals surface area contributed by atoms with Gasteiger partial charge in [0.05, 0.1) is 33.1 Å². The summed E-state index contributed by atoms with van der Waals surface area (Å²) in [5, 5.41) is 0. The number of methoxy groups -OCH3 is 2. The van der Waals surface area contributed by atoms with E-state index < -0.39 is 18.0 Å². The van der Waals surface area contributed by atoms with Gasteiger partial charge in [0, 0.05) is 6.29 Å². The molecule has 0 saturated heterocycles. The van der Waals surface area contributed by atoms with Crippen LogP contribution in [0.5, 0.6) is 0 Å². The quantitative estimate of drug-likeness (QED) is 0.283. The van der Waals surface area contributed by atoms with E-state index in [1.54, 1.807) is 0 Å². The second kappa shape index (κ2) is 10.2. The van der Waals surface area contributed by atoms with Crippen LogP contribution in [-0.2, 0) is 23.8 Å². The molecule has 104 valence electrons. The van der Waals surface area contributed by atoms with Crippen molar-refractivity contribution in [2.45, 2.75) is 6.10 Å². The standard InChI is InChI=1S/C10H19NO5P2/c1-14-9(12)4-5-16-8(10(13)15-2)6-11(7-17)18-3/h4-5,8,18H,6-7,17H2,1-3H3/b5-4+/t8-/m0/s1. The third-order valence-electron chi connectivity index (χ3n) is 2.04. The minimum absolute atomic E-state index is 0.399. The fraction of sp³-hybridized carbons (Fsp3) is 0.600. The smallest absolute Gasteiger partial charge is 0.348 e. The van der Waals surface area contributed by atoms with Crippen LogP contribution in [-0.4, -0.2) is 56.4 Å². The van der Waals surface area contributed by atoms with Crippen LogP contribution in [0.15, 0.2) is 12.3 Å². The molecule has 3 atom stereocenters. The molecule has 0 bridgehead atoms. The van der Waals surface area contributed by atoms with E-state index in [-0.39, 0.29) is 0 Å². The van der Waals surface area contributed by atoms with Crippen LogP contribution < -0.4 is 0 Å². The summed E-state index contributed by atoms with van der Waals surface area (Å²) in [6.45, 7) is 2.40. The van der Waals surface area contributed by atoms with Crippen molar-refractivity contribution in [3.8, 4) is 0 Å². The van der Waals surface area contributed by atoms with Gasteiger partial charge in [0.2, 0.25) is 6.10 Å². The highest BCUT2D eigenvalue weighted by molar-refractivity contribution is 7.35. The SMILES string of the molecule is COC(=O)/C=C/O[C@@H](CN(CP)PC)C(=O)OC. The van der Waals surface area contributed by atoms with Gasteiger partial charge in [0.1, 0.15) is 0 Å². The van der Waals surface area contributed by atoms with Crippen molar-refractivity contribution in [2.75, 3.05) is 33.7 Å². The molecule has 0 aromatic rings. The molecule has 0 N–H and O–H groups in total. The van der Waals surface area contributed by atoms with Crippen molar-refractivity contribution in [3.63, 3.8) is 0 Å². The van der Waals surface area contributed by atoms with Crippen LogP contribution >= 0.6 is 18.0 Å². The van der Waals surface area contributed by atoms with E-state index >= 15 is 0 Å². The Morgan fingerprint density at radius 1 is 1.39 bits per heavy atom. The molecule has 0 aromatic heterocycles. The fourth-order valence-electron chi connectivity index (χ4n) is 1.02. The Kier molecular flexibility index (Phi) is 9.85. The molecule has 0 saturated carbocycles. The summed E-state index contributed by atoms with van der Waals surface area (Å²) in [6, 6.07) is 0. The first-order chi connectivity index (χ1) is 8.58. The minimum atomic E-state index is -0.760. The van der Waals surface area contributed by atoms with Gasteiger partial charge in [-0.05, 0) is 6.66 Å². The number of carbonyl (C=O) groups is 2. The molecule has 0 rings (SSSR count). The van der Waals surface area contributed by atoms with Crippen LogP contribution in [0.4, 0.5) is 0 Å². The van der Waals surface area contributed by atoms with Gasteiger partial charge in [0.15, 0.2) is 0 Å². The Hall–Kier alpha value is -0.700. The van der Waals surface area contributed by atoms with Gasteiger partial charge in [-0.1, -0.05) is 8.73 Å². The molecular formula is C10H19NO5P2. The van der Waals surface area contributed by atoms with E-state index in [1.165, 1.54) is 14.2 Å². The summed E-state index contributed by atoms with van der Waals surface area (Å²) in [7, 11) is 5.68. The topological polar surface area (TPSA) is 65.1 Å². The molecular weight excluding hydrogens is 276 g/mol. The van der Waals surface area contributed by atoms with Gasteiger partial charge in [0.25, 0.3) is 0 Å². The van der Waals surface area contributed by atoms with E-state index in [1.807, 2.05) is 11.3 Å². The summed E-state index contributed by atoms with van der Waals surface area (Å²) in [6.07, 6.45) is 2.22. The zero-order chi connectivity index (χ0) is 14.0. The van der Waals surface area contributed by atoms with Crippen molar-refractivity contribution in [3.05, 3.63) is 12.3 Å². The lowest BCUT2D eigenvalue weighted by molar-refractivity contribution is -0.151. The first-order valence-electron chi connectivity index (χ1n) is 5.19. The second-order valence-electron chi connectivity index (χ2n) is 3.10. The summed E-state index contributed by atoms with van der Waals surface area (Å²) in [5.74, 6) is -1.02. The Morgan fingerprint density at radius 2 is 2.06 bits per heavy atom. The van der Waals surface area contributed by atoms with Crippen molar-refractivity contribution in [1.82, 2.24) is 4.67 Å². The van der Waals surface area contributed by atoms with Crippen LogP contribution in [0.2, 0.25) is 0 Å². The molecule has 0 radical (unpaired) electrons. The van der Waals surface area contributed by atoms with Crippen LogP contribution in [0.1, 0.15) is 0 Å². The molecule has 0 aliphatic rings. The number of hydrogen-bond donors (Lipinski definition) is 0. The molecule has 18 heavy (non-hydrogen) atoms. The van der Waals surface area contributed by atoms with E-state index in [4.69, 9.17) is 4.74 Å². The predicted octanol–water partition coefficient (Wildman–Crippen LogP) is 0.589. The number of esters is 2. The highest BCUT2D eigenvalue weighted by Gasteiger charge is 2.22. The molecule has 6 nitrogen and oxygen atoms in total. The molecule has 0 amide bonds. The van der Waals surface area contributed by atoms with Crippen LogP contribution in [0.3, 0.4) is 0 Å². The lowest BCUT2D eigenvalue weighted by Crippen LogP contribution is -2.34. The monoisotopic (exact) mass is 295 g/mol. The number of ether oxygens (including phenoxy) is 3. The maximum absolute atomic E-state index is 11.5. The maximum Gasteiger partial charge on any atom is 0.348 e. The second-order valence-corrected chi connectivity index (χ2v) is 4.55. The van der Waals surface area contributed by atoms with E-state index in [2.05, 4.69) is 18.7 Å². The molecule has 0 aromatic carbocycles. The van der Waals surface area contributed by atoms with E-state index in [0.29, 0.717) is 15.3 Å². The first kappa shape index (κ1) is 17.3. The normalized spacial score (nSPS) is 13.2. The number of hydrogen-bond acceptors (Lipinski definition) is 6. The fourth-order valence-corrected chi connectivity index (χ4v) is 2.25. The number of carbonyl (C=O) groups excluding carboxylic acids is 2. The van der Waals surface area contributed by atoms with Gasteiger partial charge in [-0.25, -0.2) is 9.59 Å². The zero-order valence-corrected chi connectivity index (χ0v) is 12.9. The molecule has 0 aliphatic carbocycles. The lowest BCUT2D eigenvalue weighted by atomic mass is 10.3. The van der Waals surface area contributed by atoms with Crippen LogP contribution in [0, 0.1) is 0 Å². The summed E-state index contributed by atoms with van der Waals surface area (Å²) < 4.78 is 16.3.